The van der Waals surface area contributed by atoms with Gasteiger partial charge in [0.05, 0.1) is 0 Å². The Morgan fingerprint density at radius 3 is 2.69 bits per heavy atom. The first-order valence-electron chi connectivity index (χ1n) is 4.31. The molecule has 1 aromatic heterocycles. The second-order valence-corrected chi connectivity index (χ2v) is 4.42. The van der Waals surface area contributed by atoms with Crippen LogP contribution in [0, 0.1) is 17.8 Å². The molecule has 1 rings (SSSR count). The SMILES string of the molecule is CC(C)C#CC(C)(O)c1cccs1. The maximum Gasteiger partial charge on any atom is 0.157 e. The number of rotatable bonds is 1. The van der Waals surface area contributed by atoms with E-state index < -0.39 is 5.60 Å². The maximum atomic E-state index is 9.96. The van der Waals surface area contributed by atoms with E-state index in [9.17, 15) is 5.11 Å². The fourth-order valence-electron chi connectivity index (χ4n) is 0.902. The Morgan fingerprint density at radius 2 is 2.23 bits per heavy atom. The van der Waals surface area contributed by atoms with Crippen LogP contribution in [0.3, 0.4) is 0 Å². The summed E-state index contributed by atoms with van der Waals surface area (Å²) in [4.78, 5) is 0.903. The molecule has 1 aromatic rings. The van der Waals surface area contributed by atoms with E-state index in [1.54, 1.807) is 6.92 Å². The van der Waals surface area contributed by atoms with E-state index in [1.165, 1.54) is 11.3 Å². The van der Waals surface area contributed by atoms with Crippen molar-refractivity contribution in [3.63, 3.8) is 0 Å². The van der Waals surface area contributed by atoms with Crippen LogP contribution in [0.1, 0.15) is 25.6 Å². The Labute approximate surface area is 83.4 Å². The lowest BCUT2D eigenvalue weighted by molar-refractivity contribution is 0.126. The zero-order chi connectivity index (χ0) is 9.90. The first kappa shape index (κ1) is 10.3. The molecule has 1 N–H and O–H groups in total. The molecule has 0 aliphatic heterocycles. The summed E-state index contributed by atoms with van der Waals surface area (Å²) in [5.74, 6) is 6.16. The average molecular weight is 194 g/mol. The second kappa shape index (κ2) is 3.95. The standard InChI is InChI=1S/C11H14OS/c1-9(2)6-7-11(3,12)10-5-4-8-13-10/h4-5,8-9,12H,1-3H3. The first-order chi connectivity index (χ1) is 6.02. The molecule has 0 spiro atoms. The zero-order valence-electron chi connectivity index (χ0n) is 8.16. The molecular formula is C11H14OS. The van der Waals surface area contributed by atoms with Crippen molar-refractivity contribution in [2.24, 2.45) is 5.92 Å². The average Bonchev–Trinajstić information content (AvgIpc) is 2.53. The predicted octanol–water partition coefficient (Wildman–Crippen LogP) is 2.62. The van der Waals surface area contributed by atoms with Crippen molar-refractivity contribution in [1.82, 2.24) is 0 Å². The quantitative estimate of drug-likeness (QED) is 0.681. The van der Waals surface area contributed by atoms with Gasteiger partial charge in [-0.3, -0.25) is 0 Å². The highest BCUT2D eigenvalue weighted by molar-refractivity contribution is 7.10. The minimum Gasteiger partial charge on any atom is -0.373 e. The summed E-state index contributed by atoms with van der Waals surface area (Å²) < 4.78 is 0. The summed E-state index contributed by atoms with van der Waals surface area (Å²) >= 11 is 1.53. The van der Waals surface area contributed by atoms with E-state index in [-0.39, 0.29) is 0 Å². The van der Waals surface area contributed by atoms with Gasteiger partial charge in [-0.25, -0.2) is 0 Å². The summed E-state index contributed by atoms with van der Waals surface area (Å²) in [6.07, 6.45) is 0. The van der Waals surface area contributed by atoms with Crippen LogP contribution in [0.4, 0.5) is 0 Å². The number of hydrogen-bond acceptors (Lipinski definition) is 2. The van der Waals surface area contributed by atoms with Gasteiger partial charge in [-0.1, -0.05) is 31.8 Å². The Balaban J connectivity index is 2.86. The van der Waals surface area contributed by atoms with Gasteiger partial charge in [-0.05, 0) is 18.4 Å². The van der Waals surface area contributed by atoms with Gasteiger partial charge in [0.25, 0.3) is 0 Å². The summed E-state index contributed by atoms with van der Waals surface area (Å²) in [6, 6.07) is 3.82. The minimum atomic E-state index is -0.988. The fourth-order valence-corrected chi connectivity index (χ4v) is 1.64. The Morgan fingerprint density at radius 1 is 1.54 bits per heavy atom. The molecule has 1 nitrogen and oxygen atoms in total. The minimum absolute atomic E-state index is 0.298. The first-order valence-corrected chi connectivity index (χ1v) is 5.19. The van der Waals surface area contributed by atoms with Crippen molar-refractivity contribution in [2.45, 2.75) is 26.4 Å². The lowest BCUT2D eigenvalue weighted by Crippen LogP contribution is -2.16. The molecule has 0 amide bonds. The van der Waals surface area contributed by atoms with Gasteiger partial charge < -0.3 is 5.11 Å². The van der Waals surface area contributed by atoms with Crippen LogP contribution >= 0.6 is 11.3 Å². The van der Waals surface area contributed by atoms with E-state index in [1.807, 2.05) is 31.4 Å². The largest absolute Gasteiger partial charge is 0.373 e. The van der Waals surface area contributed by atoms with Crippen molar-refractivity contribution in [3.8, 4) is 11.8 Å². The topological polar surface area (TPSA) is 20.2 Å². The van der Waals surface area contributed by atoms with Crippen molar-refractivity contribution in [1.29, 1.82) is 0 Å². The highest BCUT2D eigenvalue weighted by Gasteiger charge is 2.20. The molecular weight excluding hydrogens is 180 g/mol. The normalized spacial score (nSPS) is 14.8. The van der Waals surface area contributed by atoms with Gasteiger partial charge in [-0.15, -0.1) is 11.3 Å². The summed E-state index contributed by atoms with van der Waals surface area (Å²) in [5, 5.41) is 11.9. The van der Waals surface area contributed by atoms with E-state index in [0.29, 0.717) is 5.92 Å². The lowest BCUT2D eigenvalue weighted by Gasteiger charge is -2.13. The molecule has 0 saturated heterocycles. The smallest absolute Gasteiger partial charge is 0.157 e. The third-order valence-corrected chi connectivity index (χ3v) is 2.69. The Hall–Kier alpha value is -0.780. The number of hydrogen-bond donors (Lipinski definition) is 1. The molecule has 1 heterocycles. The lowest BCUT2D eigenvalue weighted by atomic mass is 10.0. The van der Waals surface area contributed by atoms with E-state index >= 15 is 0 Å². The highest BCUT2D eigenvalue weighted by atomic mass is 32.1. The maximum absolute atomic E-state index is 9.96. The van der Waals surface area contributed by atoms with E-state index in [2.05, 4.69) is 11.8 Å². The molecule has 0 bridgehead atoms. The fraction of sp³-hybridized carbons (Fsp3) is 0.455. The molecule has 1 unspecified atom stereocenters. The van der Waals surface area contributed by atoms with Crippen LogP contribution in [0.5, 0.6) is 0 Å². The molecule has 2 heteroatoms. The zero-order valence-corrected chi connectivity index (χ0v) is 8.98. The van der Waals surface area contributed by atoms with Crippen molar-refractivity contribution < 1.29 is 5.11 Å². The van der Waals surface area contributed by atoms with E-state index in [0.717, 1.165) is 4.88 Å². The van der Waals surface area contributed by atoms with Gasteiger partial charge in [0.1, 0.15) is 0 Å². The third-order valence-electron chi connectivity index (χ3n) is 1.61. The Bertz CT molecular complexity index is 312. The molecule has 1 atom stereocenters. The van der Waals surface area contributed by atoms with Gasteiger partial charge in [0.15, 0.2) is 5.60 Å². The van der Waals surface area contributed by atoms with Crippen LogP contribution in [-0.4, -0.2) is 5.11 Å². The van der Waals surface area contributed by atoms with E-state index in [4.69, 9.17) is 0 Å². The van der Waals surface area contributed by atoms with Crippen LogP contribution in [0.2, 0.25) is 0 Å². The van der Waals surface area contributed by atoms with Gasteiger partial charge in [-0.2, -0.15) is 0 Å². The summed E-state index contributed by atoms with van der Waals surface area (Å²) in [7, 11) is 0. The molecule has 70 valence electrons. The van der Waals surface area contributed by atoms with Crippen molar-refractivity contribution in [3.05, 3.63) is 22.4 Å². The molecule has 0 aromatic carbocycles. The van der Waals surface area contributed by atoms with Gasteiger partial charge in [0.2, 0.25) is 0 Å². The monoisotopic (exact) mass is 194 g/mol. The van der Waals surface area contributed by atoms with Crippen LogP contribution in [0.15, 0.2) is 17.5 Å². The van der Waals surface area contributed by atoms with Crippen LogP contribution < -0.4 is 0 Å². The van der Waals surface area contributed by atoms with Crippen LogP contribution in [-0.2, 0) is 5.60 Å². The Kier molecular flexibility index (Phi) is 3.13. The second-order valence-electron chi connectivity index (χ2n) is 3.47. The molecule has 0 aliphatic carbocycles. The van der Waals surface area contributed by atoms with Gasteiger partial charge in [0, 0.05) is 10.8 Å². The van der Waals surface area contributed by atoms with Crippen molar-refractivity contribution >= 4 is 11.3 Å². The molecule has 0 radical (unpaired) electrons. The van der Waals surface area contributed by atoms with Gasteiger partial charge >= 0.3 is 0 Å². The van der Waals surface area contributed by atoms with Crippen molar-refractivity contribution in [2.75, 3.05) is 0 Å². The molecule has 13 heavy (non-hydrogen) atoms. The predicted molar refractivity (Wildman–Crippen MR) is 56.5 cm³/mol. The summed E-state index contributed by atoms with van der Waals surface area (Å²) in [5.41, 5.74) is -0.988. The molecule has 0 aliphatic rings. The highest BCUT2D eigenvalue weighted by Crippen LogP contribution is 2.24. The number of thiophene rings is 1. The molecule has 0 saturated carbocycles. The number of aliphatic hydroxyl groups is 1. The summed E-state index contributed by atoms with van der Waals surface area (Å²) in [6.45, 7) is 5.75. The van der Waals surface area contributed by atoms with Crippen LogP contribution in [0.25, 0.3) is 0 Å². The molecule has 0 fully saturated rings. The third kappa shape index (κ3) is 2.87.